The molecule has 1 amide bonds. The van der Waals surface area contributed by atoms with Crippen molar-refractivity contribution in [3.8, 4) is 0 Å². The smallest absolute Gasteiger partial charge is 0.251 e. The third kappa shape index (κ3) is 2.11. The largest absolute Gasteiger partial charge is 0.497 e. The molecule has 0 aromatic carbocycles. The standard InChI is InChI=1S/C8H11NO2/c1-2-9-8(10)7-3-5-11-6-4-7/h3-5H,2,6H2,1H3,(H,9,10). The van der Waals surface area contributed by atoms with E-state index in [0.29, 0.717) is 18.7 Å². The van der Waals surface area contributed by atoms with E-state index < -0.39 is 0 Å². The fourth-order valence-electron chi connectivity index (χ4n) is 0.814. The van der Waals surface area contributed by atoms with Crippen molar-refractivity contribution in [2.75, 3.05) is 13.2 Å². The number of carbonyl (C=O) groups excluding carboxylic acids is 1. The molecule has 0 fully saturated rings. The van der Waals surface area contributed by atoms with E-state index in [-0.39, 0.29) is 5.91 Å². The van der Waals surface area contributed by atoms with Gasteiger partial charge < -0.3 is 10.1 Å². The van der Waals surface area contributed by atoms with E-state index in [1.54, 1.807) is 12.2 Å². The van der Waals surface area contributed by atoms with E-state index in [1.807, 2.05) is 6.92 Å². The zero-order chi connectivity index (χ0) is 8.10. The molecule has 1 N–H and O–H groups in total. The number of nitrogens with one attached hydrogen (secondary N) is 1. The Balaban J connectivity index is 2.52. The molecule has 11 heavy (non-hydrogen) atoms. The average Bonchev–Trinajstić information content (AvgIpc) is 2.07. The average molecular weight is 153 g/mol. The molecule has 0 saturated heterocycles. The fourth-order valence-corrected chi connectivity index (χ4v) is 0.814. The molecule has 1 heterocycles. The molecule has 0 unspecified atom stereocenters. The second-order valence-electron chi connectivity index (χ2n) is 2.16. The lowest BCUT2D eigenvalue weighted by molar-refractivity contribution is -0.117. The predicted octanol–water partition coefficient (Wildman–Crippen LogP) is 0.593. The van der Waals surface area contributed by atoms with Gasteiger partial charge in [0, 0.05) is 12.1 Å². The maximum absolute atomic E-state index is 11.1. The Kier molecular flexibility index (Phi) is 2.72. The first kappa shape index (κ1) is 7.85. The molecule has 0 bridgehead atoms. The van der Waals surface area contributed by atoms with Crippen LogP contribution in [0.2, 0.25) is 0 Å². The van der Waals surface area contributed by atoms with Gasteiger partial charge in [0.05, 0.1) is 6.26 Å². The van der Waals surface area contributed by atoms with Crippen molar-refractivity contribution in [1.82, 2.24) is 5.32 Å². The minimum absolute atomic E-state index is 0.0351. The van der Waals surface area contributed by atoms with Crippen LogP contribution in [-0.4, -0.2) is 19.1 Å². The van der Waals surface area contributed by atoms with Crippen LogP contribution in [0.4, 0.5) is 0 Å². The molecule has 0 atom stereocenters. The molecule has 1 aliphatic rings. The molecule has 1 aliphatic heterocycles. The Morgan fingerprint density at radius 3 is 3.18 bits per heavy atom. The number of hydrogen-bond donors (Lipinski definition) is 1. The van der Waals surface area contributed by atoms with E-state index in [9.17, 15) is 4.79 Å². The monoisotopic (exact) mass is 153 g/mol. The van der Waals surface area contributed by atoms with Crippen molar-refractivity contribution in [3.63, 3.8) is 0 Å². The Morgan fingerprint density at radius 1 is 1.82 bits per heavy atom. The van der Waals surface area contributed by atoms with Crippen molar-refractivity contribution < 1.29 is 9.53 Å². The molecule has 0 aromatic rings. The predicted molar refractivity (Wildman–Crippen MR) is 41.9 cm³/mol. The number of rotatable bonds is 2. The van der Waals surface area contributed by atoms with Crippen LogP contribution in [0, 0.1) is 0 Å². The molecule has 0 spiro atoms. The van der Waals surface area contributed by atoms with Gasteiger partial charge in [-0.2, -0.15) is 0 Å². The number of carbonyl (C=O) groups is 1. The molecular formula is C8H11NO2. The highest BCUT2D eigenvalue weighted by molar-refractivity contribution is 5.96. The van der Waals surface area contributed by atoms with Gasteiger partial charge in [-0.25, -0.2) is 0 Å². The van der Waals surface area contributed by atoms with Gasteiger partial charge in [0.25, 0.3) is 5.91 Å². The summed E-state index contributed by atoms with van der Waals surface area (Å²) in [4.78, 5) is 11.1. The van der Waals surface area contributed by atoms with Crippen LogP contribution in [0.5, 0.6) is 0 Å². The van der Waals surface area contributed by atoms with Crippen LogP contribution >= 0.6 is 0 Å². The summed E-state index contributed by atoms with van der Waals surface area (Å²) in [7, 11) is 0. The lowest BCUT2D eigenvalue weighted by Gasteiger charge is -2.06. The minimum atomic E-state index is -0.0351. The number of ether oxygens (including phenoxy) is 1. The van der Waals surface area contributed by atoms with Gasteiger partial charge in [-0.05, 0) is 19.1 Å². The third-order valence-electron chi connectivity index (χ3n) is 1.34. The van der Waals surface area contributed by atoms with E-state index >= 15 is 0 Å². The Hall–Kier alpha value is -1.25. The molecule has 3 nitrogen and oxygen atoms in total. The fraction of sp³-hybridized carbons (Fsp3) is 0.375. The van der Waals surface area contributed by atoms with Gasteiger partial charge in [-0.1, -0.05) is 0 Å². The molecular weight excluding hydrogens is 142 g/mol. The summed E-state index contributed by atoms with van der Waals surface area (Å²) in [5, 5.41) is 2.70. The van der Waals surface area contributed by atoms with Crippen LogP contribution < -0.4 is 5.32 Å². The molecule has 3 heteroatoms. The first-order valence-corrected chi connectivity index (χ1v) is 3.61. The maximum atomic E-state index is 11.1. The third-order valence-corrected chi connectivity index (χ3v) is 1.34. The van der Waals surface area contributed by atoms with Crippen LogP contribution in [0.3, 0.4) is 0 Å². The molecule has 1 rings (SSSR count). The van der Waals surface area contributed by atoms with E-state index in [0.717, 1.165) is 0 Å². The van der Waals surface area contributed by atoms with Gasteiger partial charge >= 0.3 is 0 Å². The van der Waals surface area contributed by atoms with Crippen LogP contribution in [-0.2, 0) is 9.53 Å². The Labute approximate surface area is 65.7 Å². The van der Waals surface area contributed by atoms with E-state index in [1.165, 1.54) is 6.26 Å². The lowest BCUT2D eigenvalue weighted by Crippen LogP contribution is -2.24. The maximum Gasteiger partial charge on any atom is 0.251 e. The first-order valence-electron chi connectivity index (χ1n) is 3.61. The lowest BCUT2D eigenvalue weighted by atomic mass is 10.2. The van der Waals surface area contributed by atoms with Crippen LogP contribution in [0.15, 0.2) is 24.0 Å². The highest BCUT2D eigenvalue weighted by atomic mass is 16.5. The van der Waals surface area contributed by atoms with Gasteiger partial charge in [-0.15, -0.1) is 0 Å². The van der Waals surface area contributed by atoms with Crippen molar-refractivity contribution in [2.24, 2.45) is 0 Å². The van der Waals surface area contributed by atoms with Crippen molar-refractivity contribution in [2.45, 2.75) is 6.92 Å². The zero-order valence-electron chi connectivity index (χ0n) is 6.46. The quantitative estimate of drug-likeness (QED) is 0.630. The first-order chi connectivity index (χ1) is 5.34. The molecule has 0 saturated carbocycles. The second-order valence-corrected chi connectivity index (χ2v) is 2.16. The van der Waals surface area contributed by atoms with Crippen molar-refractivity contribution >= 4 is 5.91 Å². The number of likely N-dealkylation sites (N-methyl/N-ethyl adjacent to an activating group) is 1. The SMILES string of the molecule is CCNC(=O)C1=CCOC=C1. The molecule has 60 valence electrons. The van der Waals surface area contributed by atoms with Gasteiger partial charge in [0.1, 0.15) is 6.61 Å². The molecule has 0 radical (unpaired) electrons. The second kappa shape index (κ2) is 3.81. The summed E-state index contributed by atoms with van der Waals surface area (Å²) in [6, 6.07) is 0. The molecule has 0 aliphatic carbocycles. The number of amides is 1. The Bertz CT molecular complexity index is 206. The van der Waals surface area contributed by atoms with Gasteiger partial charge in [-0.3, -0.25) is 4.79 Å². The summed E-state index contributed by atoms with van der Waals surface area (Å²) < 4.78 is 4.89. The van der Waals surface area contributed by atoms with Crippen molar-refractivity contribution in [3.05, 3.63) is 24.0 Å². The van der Waals surface area contributed by atoms with E-state index in [2.05, 4.69) is 5.32 Å². The summed E-state index contributed by atoms with van der Waals surface area (Å²) in [5.74, 6) is -0.0351. The van der Waals surface area contributed by atoms with Crippen molar-refractivity contribution in [1.29, 1.82) is 0 Å². The topological polar surface area (TPSA) is 38.3 Å². The highest BCUT2D eigenvalue weighted by Gasteiger charge is 2.05. The highest BCUT2D eigenvalue weighted by Crippen LogP contribution is 2.02. The molecule has 0 aromatic heterocycles. The summed E-state index contributed by atoms with van der Waals surface area (Å²) >= 11 is 0. The summed E-state index contributed by atoms with van der Waals surface area (Å²) in [5.41, 5.74) is 0.679. The Morgan fingerprint density at radius 2 is 2.64 bits per heavy atom. The van der Waals surface area contributed by atoms with Crippen LogP contribution in [0.1, 0.15) is 6.92 Å². The van der Waals surface area contributed by atoms with E-state index in [4.69, 9.17) is 4.74 Å². The minimum Gasteiger partial charge on any atom is -0.497 e. The summed E-state index contributed by atoms with van der Waals surface area (Å²) in [6.45, 7) is 3.04. The van der Waals surface area contributed by atoms with Crippen LogP contribution in [0.25, 0.3) is 0 Å². The number of hydrogen-bond acceptors (Lipinski definition) is 2. The normalized spacial score (nSPS) is 15.2. The zero-order valence-corrected chi connectivity index (χ0v) is 6.46. The van der Waals surface area contributed by atoms with Gasteiger partial charge in [0.2, 0.25) is 0 Å². The van der Waals surface area contributed by atoms with Gasteiger partial charge in [0.15, 0.2) is 0 Å². The summed E-state index contributed by atoms with van der Waals surface area (Å²) in [6.07, 6.45) is 4.95.